The van der Waals surface area contributed by atoms with Crippen molar-refractivity contribution < 1.29 is 23.5 Å². The van der Waals surface area contributed by atoms with Gasteiger partial charge in [0.25, 0.3) is 5.91 Å². The highest BCUT2D eigenvalue weighted by molar-refractivity contribution is 9.10. The molecule has 2 aromatic rings. The van der Waals surface area contributed by atoms with E-state index in [1.54, 1.807) is 24.3 Å². The van der Waals surface area contributed by atoms with E-state index in [9.17, 15) is 23.5 Å². The number of carboxylic acid groups (broad SMARTS) is 1. The van der Waals surface area contributed by atoms with Crippen LogP contribution in [0.3, 0.4) is 0 Å². The Labute approximate surface area is 139 Å². The Morgan fingerprint density at radius 1 is 1.13 bits per heavy atom. The lowest BCUT2D eigenvalue weighted by Crippen LogP contribution is -2.42. The fraction of sp³-hybridized carbons (Fsp3) is 0.125. The molecule has 4 nitrogen and oxygen atoms in total. The van der Waals surface area contributed by atoms with Crippen LogP contribution in [-0.4, -0.2) is 23.0 Å². The lowest BCUT2D eigenvalue weighted by molar-refractivity contribution is -0.139. The maximum absolute atomic E-state index is 13.2. The highest BCUT2D eigenvalue weighted by Crippen LogP contribution is 2.18. The molecule has 23 heavy (non-hydrogen) atoms. The van der Waals surface area contributed by atoms with Crippen LogP contribution in [-0.2, 0) is 11.2 Å². The Morgan fingerprint density at radius 2 is 1.83 bits per heavy atom. The highest BCUT2D eigenvalue weighted by Gasteiger charge is 2.22. The Hall–Kier alpha value is -2.28. The monoisotopic (exact) mass is 383 g/mol. The summed E-state index contributed by atoms with van der Waals surface area (Å²) < 4.78 is 26.8. The smallest absolute Gasteiger partial charge is 0.326 e. The molecule has 0 saturated carbocycles. The molecule has 0 aliphatic heterocycles. The van der Waals surface area contributed by atoms with E-state index in [4.69, 9.17) is 0 Å². The predicted octanol–water partition coefficient (Wildman–Crippen LogP) is 3.15. The molecule has 7 heteroatoms. The van der Waals surface area contributed by atoms with Crippen LogP contribution in [0, 0.1) is 11.6 Å². The average Bonchev–Trinajstić information content (AvgIpc) is 2.51. The molecular formula is C16H12BrF2NO3. The van der Waals surface area contributed by atoms with Gasteiger partial charge in [-0.3, -0.25) is 4.79 Å². The highest BCUT2D eigenvalue weighted by atomic mass is 79.9. The largest absolute Gasteiger partial charge is 0.480 e. The van der Waals surface area contributed by atoms with Crippen LogP contribution in [0.15, 0.2) is 46.9 Å². The third-order valence-electron chi connectivity index (χ3n) is 3.17. The number of carboxylic acids is 1. The minimum atomic E-state index is -1.23. The molecule has 0 aromatic heterocycles. The molecule has 0 aliphatic rings. The molecule has 0 saturated heterocycles. The van der Waals surface area contributed by atoms with Crippen molar-refractivity contribution in [2.75, 3.05) is 0 Å². The van der Waals surface area contributed by atoms with Crippen LogP contribution in [0.1, 0.15) is 15.9 Å². The first-order valence-corrected chi connectivity index (χ1v) is 7.40. The zero-order valence-electron chi connectivity index (χ0n) is 11.7. The Kier molecular flexibility index (Phi) is 5.44. The van der Waals surface area contributed by atoms with Crippen molar-refractivity contribution in [3.63, 3.8) is 0 Å². The first-order chi connectivity index (χ1) is 10.9. The number of halogens is 3. The molecule has 0 radical (unpaired) electrons. The number of carbonyl (C=O) groups excluding carboxylic acids is 1. The van der Waals surface area contributed by atoms with E-state index in [1.807, 2.05) is 0 Å². The second-order valence-electron chi connectivity index (χ2n) is 4.79. The van der Waals surface area contributed by atoms with E-state index in [-0.39, 0.29) is 12.0 Å². The SMILES string of the molecule is O=C(N[C@@H](Cc1ccccc1Br)C(=O)O)c1ccc(F)c(F)c1. The van der Waals surface area contributed by atoms with Crippen LogP contribution in [0.5, 0.6) is 0 Å². The lowest BCUT2D eigenvalue weighted by atomic mass is 10.1. The van der Waals surface area contributed by atoms with Crippen LogP contribution in [0.25, 0.3) is 0 Å². The minimum absolute atomic E-state index is 0.0478. The van der Waals surface area contributed by atoms with Crippen molar-refractivity contribution in [1.29, 1.82) is 0 Å². The van der Waals surface area contributed by atoms with Gasteiger partial charge in [-0.1, -0.05) is 34.1 Å². The average molecular weight is 384 g/mol. The summed E-state index contributed by atoms with van der Waals surface area (Å²) in [6.45, 7) is 0. The topological polar surface area (TPSA) is 66.4 Å². The molecule has 0 bridgehead atoms. The van der Waals surface area contributed by atoms with Gasteiger partial charge in [0.05, 0.1) is 0 Å². The molecule has 2 rings (SSSR count). The van der Waals surface area contributed by atoms with E-state index in [0.717, 1.165) is 18.2 Å². The number of hydrogen-bond acceptors (Lipinski definition) is 2. The summed E-state index contributed by atoms with van der Waals surface area (Å²) in [5.74, 6) is -4.26. The van der Waals surface area contributed by atoms with Crippen molar-refractivity contribution in [3.05, 3.63) is 69.7 Å². The summed E-state index contributed by atoms with van der Waals surface area (Å²) in [4.78, 5) is 23.4. The van der Waals surface area contributed by atoms with Crippen molar-refractivity contribution in [3.8, 4) is 0 Å². The number of rotatable bonds is 5. The van der Waals surface area contributed by atoms with Crippen molar-refractivity contribution >= 4 is 27.8 Å². The molecule has 1 atom stereocenters. The molecule has 0 heterocycles. The van der Waals surface area contributed by atoms with Gasteiger partial charge in [0.2, 0.25) is 0 Å². The quantitative estimate of drug-likeness (QED) is 0.833. The maximum Gasteiger partial charge on any atom is 0.326 e. The van der Waals surface area contributed by atoms with E-state index in [2.05, 4.69) is 21.2 Å². The van der Waals surface area contributed by atoms with Gasteiger partial charge in [-0.2, -0.15) is 0 Å². The molecular weight excluding hydrogens is 372 g/mol. The third kappa shape index (κ3) is 4.35. The van der Waals surface area contributed by atoms with Crippen LogP contribution in [0.4, 0.5) is 8.78 Å². The standard InChI is InChI=1S/C16H12BrF2NO3/c17-11-4-2-1-3-9(11)8-14(16(22)23)20-15(21)10-5-6-12(18)13(19)7-10/h1-7,14H,8H2,(H,20,21)(H,22,23)/t14-/m0/s1. The normalized spacial score (nSPS) is 11.8. The molecule has 0 spiro atoms. The number of amides is 1. The predicted molar refractivity (Wildman–Crippen MR) is 83.1 cm³/mol. The van der Waals surface area contributed by atoms with Gasteiger partial charge in [-0.05, 0) is 29.8 Å². The Bertz CT molecular complexity index is 752. The van der Waals surface area contributed by atoms with Gasteiger partial charge < -0.3 is 10.4 Å². The third-order valence-corrected chi connectivity index (χ3v) is 3.94. The lowest BCUT2D eigenvalue weighted by Gasteiger charge is -2.15. The minimum Gasteiger partial charge on any atom is -0.480 e. The first-order valence-electron chi connectivity index (χ1n) is 6.60. The number of benzene rings is 2. The number of nitrogens with one attached hydrogen (secondary N) is 1. The van der Waals surface area contributed by atoms with E-state index in [1.165, 1.54) is 0 Å². The summed E-state index contributed by atoms with van der Waals surface area (Å²) in [5, 5.41) is 11.6. The summed E-state index contributed by atoms with van der Waals surface area (Å²) in [6, 6.07) is 8.43. The molecule has 0 unspecified atom stereocenters. The van der Waals surface area contributed by atoms with E-state index >= 15 is 0 Å². The molecule has 2 aromatic carbocycles. The summed E-state index contributed by atoms with van der Waals surface area (Å²) in [5.41, 5.74) is 0.549. The molecule has 0 fully saturated rings. The fourth-order valence-corrected chi connectivity index (χ4v) is 2.41. The van der Waals surface area contributed by atoms with Crippen molar-refractivity contribution in [1.82, 2.24) is 5.32 Å². The summed E-state index contributed by atoms with van der Waals surface area (Å²) >= 11 is 3.31. The molecule has 1 amide bonds. The van der Waals surface area contributed by atoms with E-state index in [0.29, 0.717) is 10.0 Å². The first kappa shape index (κ1) is 17.1. The molecule has 120 valence electrons. The van der Waals surface area contributed by atoms with E-state index < -0.39 is 29.6 Å². The second kappa shape index (κ2) is 7.32. The number of carbonyl (C=O) groups is 2. The van der Waals surface area contributed by atoms with Gasteiger partial charge in [-0.25, -0.2) is 13.6 Å². The summed E-state index contributed by atoms with van der Waals surface area (Å²) in [6.07, 6.45) is 0.0478. The molecule has 0 aliphatic carbocycles. The Balaban J connectivity index is 2.16. The number of hydrogen-bond donors (Lipinski definition) is 2. The van der Waals surface area contributed by atoms with Crippen molar-refractivity contribution in [2.24, 2.45) is 0 Å². The van der Waals surface area contributed by atoms with Crippen LogP contribution in [0.2, 0.25) is 0 Å². The van der Waals surface area contributed by atoms with Gasteiger partial charge in [0, 0.05) is 16.5 Å². The van der Waals surface area contributed by atoms with Crippen LogP contribution < -0.4 is 5.32 Å². The fourth-order valence-electron chi connectivity index (χ4n) is 1.96. The van der Waals surface area contributed by atoms with Gasteiger partial charge in [0.1, 0.15) is 6.04 Å². The second-order valence-corrected chi connectivity index (χ2v) is 5.64. The zero-order chi connectivity index (χ0) is 17.0. The number of aliphatic carboxylic acids is 1. The summed E-state index contributed by atoms with van der Waals surface area (Å²) in [7, 11) is 0. The molecule has 2 N–H and O–H groups in total. The van der Waals surface area contributed by atoms with Gasteiger partial charge in [0.15, 0.2) is 11.6 Å². The Morgan fingerprint density at radius 3 is 2.43 bits per heavy atom. The van der Waals surface area contributed by atoms with Gasteiger partial charge >= 0.3 is 5.97 Å². The van der Waals surface area contributed by atoms with Crippen LogP contribution >= 0.6 is 15.9 Å². The maximum atomic E-state index is 13.2. The van der Waals surface area contributed by atoms with Crippen molar-refractivity contribution in [2.45, 2.75) is 12.5 Å². The van der Waals surface area contributed by atoms with Gasteiger partial charge in [-0.15, -0.1) is 0 Å². The zero-order valence-corrected chi connectivity index (χ0v) is 13.3.